The largest absolute Gasteiger partial charge is 0.459 e. The molecular formula is C51H45N3O12. The molecule has 9 rings (SSSR count). The molecule has 0 aliphatic carbocycles. The molecule has 66 heavy (non-hydrogen) atoms. The highest BCUT2D eigenvalue weighted by molar-refractivity contribution is 5.90. The highest BCUT2D eigenvalue weighted by Crippen LogP contribution is 2.39. The van der Waals surface area contributed by atoms with Crippen LogP contribution in [0.2, 0.25) is 0 Å². The summed E-state index contributed by atoms with van der Waals surface area (Å²) in [6.07, 6.45) is -10.4. The summed E-state index contributed by atoms with van der Waals surface area (Å²) in [6.45, 7) is -0.313. The van der Waals surface area contributed by atoms with Crippen LogP contribution in [-0.4, -0.2) is 92.5 Å². The number of benzene rings is 6. The van der Waals surface area contributed by atoms with E-state index >= 15 is 0 Å². The minimum Gasteiger partial charge on any atom is -0.459 e. The third-order valence-corrected chi connectivity index (χ3v) is 11.5. The SMILES string of the molecule is [N-]=[N+]=N[C@H]1[C@@H](O[C@@H]2[C@@H](OCc3ccccc3)[C@@H](OC(=O)c3ccccc3)[C@@H]3OC[C@@H]2O3)O[C@H](COC(=O)c2ccccc2)[C@@H](OCc2ccc3ccccc3c2)[C@@H]1OC(=O)c1ccccc1. The molecule has 0 spiro atoms. The molecule has 6 aromatic carbocycles. The minimum absolute atomic E-state index is 0.00296. The van der Waals surface area contributed by atoms with Crippen molar-refractivity contribution in [3.8, 4) is 0 Å². The monoisotopic (exact) mass is 891 g/mol. The van der Waals surface area contributed by atoms with Gasteiger partial charge >= 0.3 is 17.9 Å². The van der Waals surface area contributed by atoms with Gasteiger partial charge in [-0.1, -0.05) is 126 Å². The Kier molecular flexibility index (Phi) is 14.0. The van der Waals surface area contributed by atoms with Crippen molar-refractivity contribution in [1.82, 2.24) is 0 Å². The van der Waals surface area contributed by atoms with Gasteiger partial charge in [-0.3, -0.25) is 0 Å². The van der Waals surface area contributed by atoms with Crippen molar-refractivity contribution in [3.63, 3.8) is 0 Å². The quantitative estimate of drug-likeness (QED) is 0.0299. The Morgan fingerprint density at radius 3 is 1.79 bits per heavy atom. The first-order chi connectivity index (χ1) is 32.4. The van der Waals surface area contributed by atoms with E-state index in [4.69, 9.17) is 42.6 Å². The fourth-order valence-electron chi connectivity index (χ4n) is 8.26. The number of azide groups is 1. The van der Waals surface area contributed by atoms with Crippen molar-refractivity contribution in [1.29, 1.82) is 0 Å². The average Bonchev–Trinajstić information content (AvgIpc) is 3.81. The number of rotatable bonds is 16. The standard InChI is InChI=1S/C51H45N3O12/c52-54-53-41-44(64-48(56)36-20-9-3-10-21-36)42(58-29-33-25-26-34-17-13-14-24-38(34)27-33)39(30-60-47(55)35-18-7-2-8-19-35)62-50(41)66-43-40-31-61-51(63-40)46(65-49(57)37-22-11-4-12-23-37)45(43)59-28-32-15-5-1-6-16-32/h1-27,39-46,50-51H,28-31H2/t39-,40+,41-,42-,43+,44-,45-,46-,50-,51-/m1/s1. The summed E-state index contributed by atoms with van der Waals surface area (Å²) >= 11 is 0. The van der Waals surface area contributed by atoms with Crippen molar-refractivity contribution in [2.75, 3.05) is 13.2 Å². The zero-order chi connectivity index (χ0) is 45.2. The van der Waals surface area contributed by atoms with Crippen molar-refractivity contribution < 1.29 is 57.0 Å². The molecule has 0 aromatic heterocycles. The topological polar surface area (TPSA) is 183 Å². The first-order valence-corrected chi connectivity index (χ1v) is 21.5. The van der Waals surface area contributed by atoms with Crippen LogP contribution >= 0.6 is 0 Å². The van der Waals surface area contributed by atoms with Crippen molar-refractivity contribution in [3.05, 3.63) is 202 Å². The lowest BCUT2D eigenvalue weighted by atomic mass is 9.95. The number of carbonyl (C=O) groups is 3. The van der Waals surface area contributed by atoms with Gasteiger partial charge in [0.15, 0.2) is 18.7 Å². The highest BCUT2D eigenvalue weighted by Gasteiger charge is 2.57. The van der Waals surface area contributed by atoms with Crippen molar-refractivity contribution in [2.45, 2.75) is 74.6 Å². The van der Waals surface area contributed by atoms with E-state index < -0.39 is 85.9 Å². The van der Waals surface area contributed by atoms with E-state index in [1.54, 1.807) is 91.0 Å². The van der Waals surface area contributed by atoms with Crippen LogP contribution in [-0.2, 0) is 55.8 Å². The predicted octanol–water partition coefficient (Wildman–Crippen LogP) is 8.16. The lowest BCUT2D eigenvalue weighted by molar-refractivity contribution is -0.322. The van der Waals surface area contributed by atoms with Gasteiger partial charge in [-0.2, -0.15) is 0 Å². The second kappa shape index (κ2) is 20.9. The Hall–Kier alpha value is -6.94. The summed E-state index contributed by atoms with van der Waals surface area (Å²) < 4.78 is 57.3. The number of hydrogen-bond donors (Lipinski definition) is 0. The molecule has 3 fully saturated rings. The summed E-state index contributed by atoms with van der Waals surface area (Å²) in [5, 5.41) is 6.14. The van der Waals surface area contributed by atoms with Gasteiger partial charge < -0.3 is 42.6 Å². The van der Waals surface area contributed by atoms with E-state index in [1.807, 2.05) is 72.8 Å². The van der Waals surface area contributed by atoms with Gasteiger partial charge in [0.25, 0.3) is 0 Å². The maximum absolute atomic E-state index is 14.0. The Bertz CT molecular complexity index is 2640. The lowest BCUT2D eigenvalue weighted by Crippen LogP contribution is -2.64. The van der Waals surface area contributed by atoms with Crippen LogP contribution in [0.25, 0.3) is 21.2 Å². The van der Waals surface area contributed by atoms with Crippen LogP contribution < -0.4 is 0 Å². The zero-order valence-electron chi connectivity index (χ0n) is 35.4. The molecule has 3 aliphatic rings. The molecule has 15 nitrogen and oxygen atoms in total. The van der Waals surface area contributed by atoms with Gasteiger partial charge in [-0.15, -0.1) is 0 Å². The fraction of sp³-hybridized carbons (Fsp3) is 0.275. The number of fused-ring (bicyclic) bond motifs is 3. The molecular weight excluding hydrogens is 847 g/mol. The third-order valence-electron chi connectivity index (χ3n) is 11.5. The minimum atomic E-state index is -1.52. The normalized spacial score (nSPS) is 25.6. The summed E-state index contributed by atoms with van der Waals surface area (Å²) in [5.41, 5.74) is 12.6. The van der Waals surface area contributed by atoms with Crippen molar-refractivity contribution >= 4 is 28.7 Å². The number of nitrogens with zero attached hydrogens (tertiary/aromatic N) is 3. The molecule has 0 radical (unpaired) electrons. The molecule has 15 heteroatoms. The molecule has 0 unspecified atom stereocenters. The lowest BCUT2D eigenvalue weighted by Gasteiger charge is -2.47. The van der Waals surface area contributed by atoms with E-state index in [1.165, 1.54) is 0 Å². The van der Waals surface area contributed by atoms with Crippen LogP contribution in [0.5, 0.6) is 0 Å². The number of hydrogen-bond acceptors (Lipinski definition) is 13. The summed E-state index contributed by atoms with van der Waals surface area (Å²) in [6, 6.07) is 46.9. The molecule has 2 bridgehead atoms. The number of esters is 3. The molecule has 336 valence electrons. The molecule has 0 N–H and O–H groups in total. The summed E-state index contributed by atoms with van der Waals surface area (Å²) in [5.74, 6) is -2.04. The Morgan fingerprint density at radius 2 is 1.14 bits per heavy atom. The van der Waals surface area contributed by atoms with Gasteiger partial charge in [0.1, 0.15) is 49.3 Å². The number of carbonyl (C=O) groups excluding carboxylic acids is 3. The number of ether oxygens (including phenoxy) is 9. The summed E-state index contributed by atoms with van der Waals surface area (Å²) in [7, 11) is 0. The molecule has 3 aliphatic heterocycles. The van der Waals surface area contributed by atoms with E-state index in [-0.39, 0.29) is 25.4 Å². The Balaban J connectivity index is 1.07. The van der Waals surface area contributed by atoms with Gasteiger partial charge in [0.2, 0.25) is 0 Å². The zero-order valence-corrected chi connectivity index (χ0v) is 35.4. The molecule has 0 amide bonds. The van der Waals surface area contributed by atoms with Crippen LogP contribution in [0, 0.1) is 0 Å². The maximum Gasteiger partial charge on any atom is 0.338 e. The smallest absolute Gasteiger partial charge is 0.338 e. The van der Waals surface area contributed by atoms with Crippen LogP contribution in [0.15, 0.2) is 169 Å². The molecule has 3 saturated heterocycles. The Labute approximate surface area is 379 Å². The van der Waals surface area contributed by atoms with Crippen LogP contribution in [0.3, 0.4) is 0 Å². The summed E-state index contributed by atoms with van der Waals surface area (Å²) in [4.78, 5) is 44.3. The molecule has 0 saturated carbocycles. The third kappa shape index (κ3) is 10.3. The first kappa shape index (κ1) is 44.3. The van der Waals surface area contributed by atoms with Crippen LogP contribution in [0.4, 0.5) is 0 Å². The van der Waals surface area contributed by atoms with E-state index in [0.29, 0.717) is 11.1 Å². The molecule has 10 atom stereocenters. The highest BCUT2D eigenvalue weighted by atomic mass is 16.8. The average molecular weight is 892 g/mol. The molecule has 6 aromatic rings. The first-order valence-electron chi connectivity index (χ1n) is 21.5. The van der Waals surface area contributed by atoms with Gasteiger partial charge in [-0.05, 0) is 69.9 Å². The second-order valence-corrected chi connectivity index (χ2v) is 15.9. The van der Waals surface area contributed by atoms with Crippen molar-refractivity contribution in [2.24, 2.45) is 5.11 Å². The molecule has 3 heterocycles. The van der Waals surface area contributed by atoms with E-state index in [0.717, 1.165) is 21.9 Å². The fourth-order valence-corrected chi connectivity index (χ4v) is 8.26. The van der Waals surface area contributed by atoms with Gasteiger partial charge in [-0.25, -0.2) is 14.4 Å². The van der Waals surface area contributed by atoms with Crippen LogP contribution in [0.1, 0.15) is 42.2 Å². The van der Waals surface area contributed by atoms with E-state index in [9.17, 15) is 19.9 Å². The van der Waals surface area contributed by atoms with Gasteiger partial charge in [0.05, 0.1) is 36.5 Å². The van der Waals surface area contributed by atoms with E-state index in [2.05, 4.69) is 10.0 Å². The Morgan fingerprint density at radius 1 is 0.576 bits per heavy atom. The maximum atomic E-state index is 14.0. The van der Waals surface area contributed by atoms with Gasteiger partial charge in [0, 0.05) is 4.91 Å². The predicted molar refractivity (Wildman–Crippen MR) is 237 cm³/mol. The second-order valence-electron chi connectivity index (χ2n) is 15.9.